The van der Waals surface area contributed by atoms with Crippen LogP contribution in [0.4, 0.5) is 5.69 Å². The third kappa shape index (κ3) is 1.92. The summed E-state index contributed by atoms with van der Waals surface area (Å²) in [6.07, 6.45) is 0. The third-order valence-electron chi connectivity index (χ3n) is 2.95. The molecule has 82 valence electrons. The molecule has 1 aromatic carbocycles. The summed E-state index contributed by atoms with van der Waals surface area (Å²) in [6.45, 7) is 6.27. The van der Waals surface area contributed by atoms with Crippen LogP contribution < -0.4 is 15.4 Å². The summed E-state index contributed by atoms with van der Waals surface area (Å²) in [6, 6.07) is 4.79. The number of benzene rings is 1. The first kappa shape index (κ1) is 10.3. The number of rotatable bonds is 3. The standard InChI is InChI=1S/C12H18N2O/c1-8-4-5-11(9(2)12(8)15-3)14-10-6-13-7-10/h4-5,10,13-14H,6-7H2,1-3H3. The summed E-state index contributed by atoms with van der Waals surface area (Å²) in [5.74, 6) is 0.993. The molecule has 0 atom stereocenters. The lowest BCUT2D eigenvalue weighted by molar-refractivity contribution is 0.408. The van der Waals surface area contributed by atoms with Gasteiger partial charge in [-0.3, -0.25) is 0 Å². The van der Waals surface area contributed by atoms with Gasteiger partial charge < -0.3 is 15.4 Å². The predicted molar refractivity (Wildman–Crippen MR) is 62.7 cm³/mol. The Morgan fingerprint density at radius 3 is 2.60 bits per heavy atom. The number of ether oxygens (including phenoxy) is 1. The van der Waals surface area contributed by atoms with Crippen molar-refractivity contribution in [1.29, 1.82) is 0 Å². The molecule has 0 bridgehead atoms. The number of hydrogen-bond acceptors (Lipinski definition) is 3. The molecule has 0 radical (unpaired) electrons. The van der Waals surface area contributed by atoms with E-state index in [4.69, 9.17) is 4.74 Å². The van der Waals surface area contributed by atoms with Crippen molar-refractivity contribution in [3.63, 3.8) is 0 Å². The summed E-state index contributed by atoms with van der Waals surface area (Å²) in [7, 11) is 1.73. The van der Waals surface area contributed by atoms with Gasteiger partial charge in [-0.25, -0.2) is 0 Å². The van der Waals surface area contributed by atoms with Crippen LogP contribution in [0.25, 0.3) is 0 Å². The summed E-state index contributed by atoms with van der Waals surface area (Å²) in [4.78, 5) is 0. The number of anilines is 1. The maximum absolute atomic E-state index is 5.39. The van der Waals surface area contributed by atoms with Crippen LogP contribution >= 0.6 is 0 Å². The van der Waals surface area contributed by atoms with E-state index >= 15 is 0 Å². The summed E-state index contributed by atoms with van der Waals surface area (Å²) in [5.41, 5.74) is 3.57. The molecule has 0 aliphatic carbocycles. The van der Waals surface area contributed by atoms with E-state index in [1.807, 2.05) is 0 Å². The maximum Gasteiger partial charge on any atom is 0.126 e. The summed E-state index contributed by atoms with van der Waals surface area (Å²) >= 11 is 0. The van der Waals surface area contributed by atoms with Gasteiger partial charge in [0.25, 0.3) is 0 Å². The predicted octanol–water partition coefficient (Wildman–Crippen LogP) is 1.70. The molecule has 0 saturated carbocycles. The Morgan fingerprint density at radius 1 is 1.33 bits per heavy atom. The fraction of sp³-hybridized carbons (Fsp3) is 0.500. The van der Waals surface area contributed by atoms with Crippen molar-refractivity contribution in [1.82, 2.24) is 5.32 Å². The number of methoxy groups -OCH3 is 1. The smallest absolute Gasteiger partial charge is 0.126 e. The van der Waals surface area contributed by atoms with Gasteiger partial charge in [0.15, 0.2) is 0 Å². The van der Waals surface area contributed by atoms with Crippen molar-refractivity contribution in [2.24, 2.45) is 0 Å². The van der Waals surface area contributed by atoms with Crippen LogP contribution in [0.2, 0.25) is 0 Å². The van der Waals surface area contributed by atoms with E-state index in [2.05, 4.69) is 36.6 Å². The van der Waals surface area contributed by atoms with Gasteiger partial charge in [0, 0.05) is 24.3 Å². The number of aryl methyl sites for hydroxylation is 1. The van der Waals surface area contributed by atoms with Gasteiger partial charge in [-0.05, 0) is 25.5 Å². The fourth-order valence-electron chi connectivity index (χ4n) is 1.91. The van der Waals surface area contributed by atoms with Gasteiger partial charge in [0.2, 0.25) is 0 Å². The molecule has 0 amide bonds. The molecule has 1 aromatic rings. The zero-order valence-electron chi connectivity index (χ0n) is 9.55. The minimum absolute atomic E-state index is 0.566. The van der Waals surface area contributed by atoms with Crippen molar-refractivity contribution in [2.45, 2.75) is 19.9 Å². The van der Waals surface area contributed by atoms with Crippen molar-refractivity contribution < 1.29 is 4.74 Å². The van der Waals surface area contributed by atoms with Crippen molar-refractivity contribution in [3.8, 4) is 5.75 Å². The van der Waals surface area contributed by atoms with Gasteiger partial charge in [-0.15, -0.1) is 0 Å². The molecular weight excluding hydrogens is 188 g/mol. The highest BCUT2D eigenvalue weighted by atomic mass is 16.5. The van der Waals surface area contributed by atoms with E-state index in [9.17, 15) is 0 Å². The molecule has 0 unspecified atom stereocenters. The Bertz CT molecular complexity index is 359. The fourth-order valence-corrected chi connectivity index (χ4v) is 1.91. The Balaban J connectivity index is 2.23. The van der Waals surface area contributed by atoms with E-state index in [0.29, 0.717) is 6.04 Å². The van der Waals surface area contributed by atoms with Crippen LogP contribution in [0.1, 0.15) is 11.1 Å². The Kier molecular flexibility index (Phi) is 2.82. The minimum Gasteiger partial charge on any atom is -0.496 e. The van der Waals surface area contributed by atoms with E-state index in [0.717, 1.165) is 18.8 Å². The van der Waals surface area contributed by atoms with Crippen molar-refractivity contribution in [3.05, 3.63) is 23.3 Å². The van der Waals surface area contributed by atoms with Crippen LogP contribution in [0, 0.1) is 13.8 Å². The molecule has 1 saturated heterocycles. The van der Waals surface area contributed by atoms with E-state index in [1.54, 1.807) is 7.11 Å². The Hall–Kier alpha value is -1.22. The largest absolute Gasteiger partial charge is 0.496 e. The molecule has 0 spiro atoms. The second kappa shape index (κ2) is 4.11. The van der Waals surface area contributed by atoms with Crippen molar-refractivity contribution in [2.75, 3.05) is 25.5 Å². The number of nitrogens with one attached hydrogen (secondary N) is 2. The molecule has 0 aromatic heterocycles. The third-order valence-corrected chi connectivity index (χ3v) is 2.95. The van der Waals surface area contributed by atoms with Crippen LogP contribution in [-0.4, -0.2) is 26.2 Å². The average Bonchev–Trinajstić information content (AvgIpc) is 2.15. The lowest BCUT2D eigenvalue weighted by Gasteiger charge is -2.30. The lowest BCUT2D eigenvalue weighted by Crippen LogP contribution is -2.51. The molecule has 2 rings (SSSR count). The topological polar surface area (TPSA) is 33.3 Å². The van der Waals surface area contributed by atoms with Gasteiger partial charge >= 0.3 is 0 Å². The van der Waals surface area contributed by atoms with Gasteiger partial charge in [0.1, 0.15) is 5.75 Å². The second-order valence-electron chi connectivity index (χ2n) is 4.09. The van der Waals surface area contributed by atoms with Gasteiger partial charge in [-0.1, -0.05) is 6.07 Å². The second-order valence-corrected chi connectivity index (χ2v) is 4.09. The van der Waals surface area contributed by atoms with E-state index in [-0.39, 0.29) is 0 Å². The first-order chi connectivity index (χ1) is 7.22. The summed E-state index contributed by atoms with van der Waals surface area (Å²) < 4.78 is 5.39. The van der Waals surface area contributed by atoms with Gasteiger partial charge in [-0.2, -0.15) is 0 Å². The van der Waals surface area contributed by atoms with Crippen molar-refractivity contribution >= 4 is 5.69 Å². The van der Waals surface area contributed by atoms with Crippen LogP contribution in [-0.2, 0) is 0 Å². The molecule has 1 heterocycles. The Labute approximate surface area is 90.8 Å². The van der Waals surface area contributed by atoms with E-state index < -0.39 is 0 Å². The molecule has 2 N–H and O–H groups in total. The lowest BCUT2D eigenvalue weighted by atomic mass is 10.1. The molecule has 3 heteroatoms. The zero-order valence-corrected chi connectivity index (χ0v) is 9.55. The number of hydrogen-bond donors (Lipinski definition) is 2. The zero-order chi connectivity index (χ0) is 10.8. The minimum atomic E-state index is 0.566. The highest BCUT2D eigenvalue weighted by Crippen LogP contribution is 2.29. The van der Waals surface area contributed by atoms with E-state index in [1.165, 1.54) is 16.8 Å². The molecule has 1 aliphatic heterocycles. The molecule has 15 heavy (non-hydrogen) atoms. The average molecular weight is 206 g/mol. The monoisotopic (exact) mass is 206 g/mol. The van der Waals surface area contributed by atoms with Crippen LogP contribution in [0.5, 0.6) is 5.75 Å². The SMILES string of the molecule is COc1c(C)ccc(NC2CNC2)c1C. The first-order valence-electron chi connectivity index (χ1n) is 5.34. The summed E-state index contributed by atoms with van der Waals surface area (Å²) in [5, 5.41) is 6.75. The van der Waals surface area contributed by atoms with Gasteiger partial charge in [0.05, 0.1) is 13.2 Å². The Morgan fingerprint density at radius 2 is 2.07 bits per heavy atom. The van der Waals surface area contributed by atoms with Crippen LogP contribution in [0.15, 0.2) is 12.1 Å². The normalized spacial score (nSPS) is 15.9. The molecular formula is C12H18N2O. The maximum atomic E-state index is 5.39. The molecule has 1 aliphatic rings. The van der Waals surface area contributed by atoms with Crippen LogP contribution in [0.3, 0.4) is 0 Å². The first-order valence-corrected chi connectivity index (χ1v) is 5.34. The highest BCUT2D eigenvalue weighted by molar-refractivity contribution is 5.60. The molecule has 1 fully saturated rings. The molecule has 3 nitrogen and oxygen atoms in total. The highest BCUT2D eigenvalue weighted by Gasteiger charge is 2.17. The quantitative estimate of drug-likeness (QED) is 0.789.